The summed E-state index contributed by atoms with van der Waals surface area (Å²) in [5.74, 6) is -2.13. The number of hydrogen-bond donors (Lipinski definition) is 5. The van der Waals surface area contributed by atoms with E-state index in [0.29, 0.717) is 28.5 Å². The van der Waals surface area contributed by atoms with Crippen LogP contribution in [0.5, 0.6) is 0 Å². The third-order valence-electron chi connectivity index (χ3n) is 5.09. The average molecular weight is 602 g/mol. The van der Waals surface area contributed by atoms with Gasteiger partial charge in [-0.05, 0) is 56.8 Å². The van der Waals surface area contributed by atoms with Gasteiger partial charge in [0.15, 0.2) is 5.78 Å². The van der Waals surface area contributed by atoms with E-state index >= 15 is 0 Å². The Hall–Kier alpha value is -2.70. The lowest BCUT2D eigenvalue weighted by Gasteiger charge is -2.24. The molecule has 10 nitrogen and oxygen atoms in total. The van der Waals surface area contributed by atoms with Gasteiger partial charge in [0.2, 0.25) is 11.8 Å². The number of anilines is 1. The van der Waals surface area contributed by atoms with Crippen molar-refractivity contribution in [2.75, 3.05) is 16.3 Å². The van der Waals surface area contributed by atoms with Crippen LogP contribution in [0.15, 0.2) is 24.3 Å². The quantitative estimate of drug-likeness (QED) is 0.125. The number of halogens is 1. The second kappa shape index (κ2) is 15.3. The maximum Gasteiger partial charge on any atom is 0.312 e. The van der Waals surface area contributed by atoms with Crippen LogP contribution in [0, 0.1) is 11.8 Å². The summed E-state index contributed by atoms with van der Waals surface area (Å²) in [6.07, 6.45) is 0.659. The van der Waals surface area contributed by atoms with Crippen LogP contribution in [0.1, 0.15) is 58.7 Å². The Morgan fingerprint density at radius 3 is 2.26 bits per heavy atom. The first-order valence-corrected chi connectivity index (χ1v) is 12.9. The molecule has 3 atom stereocenters. The second-order valence-electron chi connectivity index (χ2n) is 8.66. The zero-order chi connectivity index (χ0) is 27.3. The normalized spacial score (nSPS) is 13.7. The number of Topliss-reactive ketones (excluding diaryl/α,β-unsaturated/α-hetero) is 1. The van der Waals surface area contributed by atoms with Crippen molar-refractivity contribution in [3.8, 4) is 0 Å². The molecule has 0 saturated heterocycles. The summed E-state index contributed by atoms with van der Waals surface area (Å²) in [7, 11) is 0. The second-order valence-corrected chi connectivity index (χ2v) is 9.43. The summed E-state index contributed by atoms with van der Waals surface area (Å²) >= 11 is 1.95. The molecular formula is C24H36IN5O5. The molecule has 11 heteroatoms. The number of carbonyl (C=O) groups excluding carboxylic acids is 5. The van der Waals surface area contributed by atoms with Crippen molar-refractivity contribution >= 4 is 57.8 Å². The van der Waals surface area contributed by atoms with Gasteiger partial charge in [0.05, 0.1) is 10.5 Å². The molecule has 0 bridgehead atoms. The van der Waals surface area contributed by atoms with E-state index in [-0.39, 0.29) is 49.4 Å². The fraction of sp³-hybridized carbons (Fsp3) is 0.542. The molecule has 194 valence electrons. The highest BCUT2D eigenvalue weighted by Gasteiger charge is 2.29. The Labute approximate surface area is 221 Å². The summed E-state index contributed by atoms with van der Waals surface area (Å²) in [4.78, 5) is 61.2. The van der Waals surface area contributed by atoms with Crippen molar-refractivity contribution in [3.05, 3.63) is 29.8 Å². The molecule has 1 aromatic carbocycles. The summed E-state index contributed by atoms with van der Waals surface area (Å²) < 4.78 is 7.73. The van der Waals surface area contributed by atoms with Gasteiger partial charge in [0.1, 0.15) is 0 Å². The topological polar surface area (TPSA) is 159 Å². The Balaban J connectivity index is 2.90. The Morgan fingerprint density at radius 2 is 1.71 bits per heavy atom. The number of benzene rings is 1. The number of amides is 5. The van der Waals surface area contributed by atoms with E-state index < -0.39 is 23.9 Å². The van der Waals surface area contributed by atoms with Gasteiger partial charge < -0.3 is 27.0 Å². The molecule has 1 unspecified atom stereocenters. The lowest BCUT2D eigenvalue weighted by atomic mass is 9.89. The number of hydrogen-bond acceptors (Lipinski definition) is 5. The van der Waals surface area contributed by atoms with Crippen molar-refractivity contribution in [1.29, 1.82) is 0 Å². The van der Waals surface area contributed by atoms with Crippen LogP contribution in [0.3, 0.4) is 0 Å². The summed E-state index contributed by atoms with van der Waals surface area (Å²) in [5, 5.41) is 10.7. The van der Waals surface area contributed by atoms with Gasteiger partial charge in [-0.1, -0.05) is 36.4 Å². The van der Waals surface area contributed by atoms with Crippen LogP contribution in [0.2, 0.25) is 0 Å². The van der Waals surface area contributed by atoms with Crippen LogP contribution in [-0.4, -0.2) is 52.6 Å². The van der Waals surface area contributed by atoms with Gasteiger partial charge in [-0.25, -0.2) is 4.79 Å². The Bertz CT molecular complexity index is 913. The van der Waals surface area contributed by atoms with Crippen molar-refractivity contribution in [2.24, 2.45) is 17.6 Å². The molecule has 1 rings (SSSR count). The van der Waals surface area contributed by atoms with Gasteiger partial charge in [0, 0.05) is 37.5 Å². The summed E-state index contributed by atoms with van der Waals surface area (Å²) in [6.45, 7) is 5.58. The zero-order valence-corrected chi connectivity index (χ0v) is 22.5. The predicted octanol–water partition coefficient (Wildman–Crippen LogP) is 2.36. The SMILES string of the molecule is [2H]C[C@@H](C)NC(=O)C(CCCNC(N)=O)CC(=O)[C@@H](NC(=O)c1ccc(NC(=O)CI)cc1)C(C)C. The third kappa shape index (κ3) is 11.5. The number of carbonyl (C=O) groups is 5. The van der Waals surface area contributed by atoms with Crippen LogP contribution in [0.4, 0.5) is 10.5 Å². The number of ketones is 1. The van der Waals surface area contributed by atoms with Gasteiger partial charge in [-0.15, -0.1) is 0 Å². The van der Waals surface area contributed by atoms with Crippen molar-refractivity contribution < 1.29 is 25.3 Å². The highest BCUT2D eigenvalue weighted by molar-refractivity contribution is 14.1. The molecule has 0 fully saturated rings. The van der Waals surface area contributed by atoms with Gasteiger partial charge >= 0.3 is 6.03 Å². The smallest absolute Gasteiger partial charge is 0.312 e. The van der Waals surface area contributed by atoms with Crippen molar-refractivity contribution in [1.82, 2.24) is 16.0 Å². The van der Waals surface area contributed by atoms with Crippen LogP contribution < -0.4 is 27.0 Å². The van der Waals surface area contributed by atoms with E-state index in [1.807, 2.05) is 22.6 Å². The molecule has 6 N–H and O–H groups in total. The highest BCUT2D eigenvalue weighted by Crippen LogP contribution is 2.17. The first-order chi connectivity index (χ1) is 17.0. The van der Waals surface area contributed by atoms with Crippen molar-refractivity contribution in [2.45, 2.75) is 59.0 Å². The molecule has 0 aliphatic carbocycles. The van der Waals surface area contributed by atoms with Crippen LogP contribution in [0.25, 0.3) is 0 Å². The fourth-order valence-electron chi connectivity index (χ4n) is 3.36. The van der Waals surface area contributed by atoms with Gasteiger partial charge in [-0.3, -0.25) is 19.2 Å². The molecule has 0 aromatic heterocycles. The van der Waals surface area contributed by atoms with E-state index in [2.05, 4.69) is 21.3 Å². The number of primary amides is 1. The average Bonchev–Trinajstić information content (AvgIpc) is 2.83. The third-order valence-corrected chi connectivity index (χ3v) is 5.78. The maximum atomic E-state index is 13.2. The van der Waals surface area contributed by atoms with Gasteiger partial charge in [0.25, 0.3) is 5.91 Å². The lowest BCUT2D eigenvalue weighted by Crippen LogP contribution is -2.46. The van der Waals surface area contributed by atoms with E-state index in [0.717, 1.165) is 0 Å². The fourth-order valence-corrected chi connectivity index (χ4v) is 3.55. The molecule has 0 aliphatic rings. The summed E-state index contributed by atoms with van der Waals surface area (Å²) in [5.41, 5.74) is 5.97. The van der Waals surface area contributed by atoms with E-state index in [9.17, 15) is 24.0 Å². The predicted molar refractivity (Wildman–Crippen MR) is 143 cm³/mol. The van der Waals surface area contributed by atoms with Crippen LogP contribution >= 0.6 is 22.6 Å². The summed E-state index contributed by atoms with van der Waals surface area (Å²) in [6, 6.07) is 4.48. The monoisotopic (exact) mass is 602 g/mol. The number of nitrogens with two attached hydrogens (primary N) is 1. The van der Waals surface area contributed by atoms with Crippen LogP contribution in [-0.2, 0) is 14.4 Å². The molecule has 1 aromatic rings. The minimum absolute atomic E-state index is 0.000848. The largest absolute Gasteiger partial charge is 0.354 e. The molecule has 0 aliphatic heterocycles. The molecular weight excluding hydrogens is 565 g/mol. The molecule has 5 amide bonds. The number of alkyl halides is 1. The number of urea groups is 1. The van der Waals surface area contributed by atoms with Gasteiger partial charge in [-0.2, -0.15) is 0 Å². The molecule has 0 heterocycles. The Kier molecular flexibility index (Phi) is 12.5. The number of rotatable bonds is 14. The first-order valence-electron chi connectivity index (χ1n) is 12.1. The highest BCUT2D eigenvalue weighted by atomic mass is 127. The molecule has 0 radical (unpaired) electrons. The first kappa shape index (κ1) is 28.5. The van der Waals surface area contributed by atoms with E-state index in [4.69, 9.17) is 7.10 Å². The van der Waals surface area contributed by atoms with Crippen molar-refractivity contribution in [3.63, 3.8) is 0 Å². The Morgan fingerprint density at radius 1 is 1.06 bits per heavy atom. The lowest BCUT2D eigenvalue weighted by molar-refractivity contribution is -0.131. The minimum Gasteiger partial charge on any atom is -0.354 e. The number of nitrogens with one attached hydrogen (secondary N) is 4. The molecule has 35 heavy (non-hydrogen) atoms. The standard InChI is InChI=1S/C24H36IN5O5/c1-14(2)21(30-22(33)16-7-9-18(10-8-16)29-20(32)13-25)19(31)12-17(23(34)28-15(3)4)6-5-11-27-24(26)35/h7-10,14-15,17,21H,5-6,11-13H2,1-4H3,(H,28,34)(H,29,32)(H,30,33)(H3,26,27,35)/t17?,21-/m0/s1/i3D/t15-,17?,21-. The van der Waals surface area contributed by atoms with E-state index in [1.165, 1.54) is 0 Å². The molecule has 0 saturated carbocycles. The van der Waals surface area contributed by atoms with E-state index in [1.54, 1.807) is 45.0 Å². The zero-order valence-electron chi connectivity index (χ0n) is 21.4. The molecule has 0 spiro atoms. The minimum atomic E-state index is -0.816. The maximum absolute atomic E-state index is 13.2.